The van der Waals surface area contributed by atoms with Gasteiger partial charge in [0.05, 0.1) is 0 Å². The van der Waals surface area contributed by atoms with Gasteiger partial charge in [0.15, 0.2) is 0 Å². The lowest BCUT2D eigenvalue weighted by atomic mass is 10.1. The van der Waals surface area contributed by atoms with Crippen LogP contribution in [0.4, 0.5) is 0 Å². The molecule has 0 amide bonds. The van der Waals surface area contributed by atoms with Gasteiger partial charge in [0.2, 0.25) is 0 Å². The monoisotopic (exact) mass is 289 g/mol. The zero-order valence-electron chi connectivity index (χ0n) is 8.23. The zero-order valence-corrected chi connectivity index (χ0v) is 10.4. The molecule has 1 rings (SSSR count). The Balaban J connectivity index is 2.61. The highest BCUT2D eigenvalue weighted by Crippen LogP contribution is 2.16. The molecular weight excluding hydrogens is 273 g/mol. The van der Waals surface area contributed by atoms with Crippen molar-refractivity contribution in [2.45, 2.75) is 26.8 Å². The number of hydrogen-bond acceptors (Lipinski definition) is 1. The molecule has 0 unspecified atom stereocenters. The Morgan fingerprint density at radius 2 is 2.15 bits per heavy atom. The minimum atomic E-state index is 0.994. The van der Waals surface area contributed by atoms with E-state index in [1.807, 2.05) is 0 Å². The second kappa shape index (κ2) is 5.60. The molecule has 0 aliphatic carbocycles. The van der Waals surface area contributed by atoms with Crippen molar-refractivity contribution in [1.82, 2.24) is 5.32 Å². The molecule has 1 aromatic carbocycles. The van der Waals surface area contributed by atoms with Crippen molar-refractivity contribution in [2.75, 3.05) is 6.54 Å². The molecule has 0 aliphatic rings. The van der Waals surface area contributed by atoms with Crippen molar-refractivity contribution in [3.8, 4) is 0 Å². The Bertz CT molecular complexity index is 271. The van der Waals surface area contributed by atoms with Crippen LogP contribution in [0.25, 0.3) is 0 Å². The van der Waals surface area contributed by atoms with Gasteiger partial charge >= 0.3 is 0 Å². The Morgan fingerprint density at radius 1 is 1.38 bits per heavy atom. The van der Waals surface area contributed by atoms with Crippen LogP contribution in [-0.2, 0) is 6.54 Å². The summed E-state index contributed by atoms with van der Waals surface area (Å²) in [7, 11) is 0. The van der Waals surface area contributed by atoms with E-state index in [4.69, 9.17) is 0 Å². The third-order valence-corrected chi connectivity index (χ3v) is 3.56. The highest BCUT2D eigenvalue weighted by Gasteiger charge is 2.00. The predicted molar refractivity (Wildman–Crippen MR) is 65.9 cm³/mol. The number of rotatable bonds is 4. The summed E-state index contributed by atoms with van der Waals surface area (Å²) in [6, 6.07) is 6.48. The van der Waals surface area contributed by atoms with Gasteiger partial charge in [0.1, 0.15) is 0 Å². The minimum Gasteiger partial charge on any atom is -0.313 e. The molecule has 0 atom stereocenters. The van der Waals surface area contributed by atoms with Gasteiger partial charge in [-0.05, 0) is 53.6 Å². The van der Waals surface area contributed by atoms with Crippen LogP contribution >= 0.6 is 22.6 Å². The lowest BCUT2D eigenvalue weighted by molar-refractivity contribution is 0.673. The predicted octanol–water partition coefficient (Wildman–Crippen LogP) is 3.10. The molecule has 0 fully saturated rings. The second-order valence-corrected chi connectivity index (χ2v) is 4.30. The van der Waals surface area contributed by atoms with E-state index >= 15 is 0 Å². The fourth-order valence-corrected chi connectivity index (χ4v) is 1.79. The van der Waals surface area contributed by atoms with Crippen molar-refractivity contribution in [3.63, 3.8) is 0 Å². The Labute approximate surface area is 94.1 Å². The molecule has 0 aromatic heterocycles. The third-order valence-electron chi connectivity index (χ3n) is 2.01. The summed E-state index contributed by atoms with van der Waals surface area (Å²) >= 11 is 2.42. The van der Waals surface area contributed by atoms with Gasteiger partial charge in [-0.2, -0.15) is 0 Å². The number of hydrogen-bond donors (Lipinski definition) is 1. The standard InChI is InChI=1S/C11H16IN/c1-3-7-13-8-10-6-4-5-9(2)11(10)12/h4-6,13H,3,7-8H2,1-2H3. The average Bonchev–Trinajstić information content (AvgIpc) is 2.13. The van der Waals surface area contributed by atoms with Crippen LogP contribution in [0.5, 0.6) is 0 Å². The number of halogens is 1. The summed E-state index contributed by atoms with van der Waals surface area (Å²) in [5, 5.41) is 3.41. The largest absolute Gasteiger partial charge is 0.313 e. The molecule has 0 radical (unpaired) electrons. The van der Waals surface area contributed by atoms with Crippen LogP contribution < -0.4 is 5.32 Å². The van der Waals surface area contributed by atoms with E-state index in [9.17, 15) is 0 Å². The van der Waals surface area contributed by atoms with E-state index in [0.29, 0.717) is 0 Å². The molecule has 2 heteroatoms. The maximum absolute atomic E-state index is 3.41. The van der Waals surface area contributed by atoms with Gasteiger partial charge in [-0.1, -0.05) is 25.1 Å². The van der Waals surface area contributed by atoms with Gasteiger partial charge in [0.25, 0.3) is 0 Å². The highest BCUT2D eigenvalue weighted by molar-refractivity contribution is 14.1. The fourth-order valence-electron chi connectivity index (χ4n) is 1.24. The second-order valence-electron chi connectivity index (χ2n) is 3.22. The van der Waals surface area contributed by atoms with Gasteiger partial charge in [-0.25, -0.2) is 0 Å². The Kier molecular flexibility index (Phi) is 4.73. The van der Waals surface area contributed by atoms with Crippen LogP contribution in [0.2, 0.25) is 0 Å². The Hall–Kier alpha value is -0.0900. The summed E-state index contributed by atoms with van der Waals surface area (Å²) in [6.07, 6.45) is 1.20. The van der Waals surface area contributed by atoms with Crippen molar-refractivity contribution in [3.05, 3.63) is 32.9 Å². The summed E-state index contributed by atoms with van der Waals surface area (Å²) in [5.41, 5.74) is 2.78. The molecule has 1 nitrogen and oxygen atoms in total. The SMILES string of the molecule is CCCNCc1cccc(C)c1I. The lowest BCUT2D eigenvalue weighted by Crippen LogP contribution is -2.14. The van der Waals surface area contributed by atoms with E-state index in [0.717, 1.165) is 13.1 Å². The average molecular weight is 289 g/mol. The maximum atomic E-state index is 3.41. The lowest BCUT2D eigenvalue weighted by Gasteiger charge is -2.07. The van der Waals surface area contributed by atoms with Gasteiger partial charge in [-0.15, -0.1) is 0 Å². The van der Waals surface area contributed by atoms with E-state index in [1.165, 1.54) is 21.1 Å². The van der Waals surface area contributed by atoms with E-state index in [-0.39, 0.29) is 0 Å². The van der Waals surface area contributed by atoms with Crippen LogP contribution in [0.1, 0.15) is 24.5 Å². The van der Waals surface area contributed by atoms with Crippen molar-refractivity contribution >= 4 is 22.6 Å². The molecule has 0 bridgehead atoms. The van der Waals surface area contributed by atoms with Crippen molar-refractivity contribution in [2.24, 2.45) is 0 Å². The molecule has 1 aromatic rings. The first-order valence-corrected chi connectivity index (χ1v) is 5.78. The van der Waals surface area contributed by atoms with E-state index < -0.39 is 0 Å². The number of nitrogens with one attached hydrogen (secondary N) is 1. The summed E-state index contributed by atoms with van der Waals surface area (Å²) in [6.45, 7) is 6.44. The quantitative estimate of drug-likeness (QED) is 0.663. The zero-order chi connectivity index (χ0) is 9.68. The normalized spacial score (nSPS) is 10.4. The first-order valence-electron chi connectivity index (χ1n) is 4.70. The topological polar surface area (TPSA) is 12.0 Å². The van der Waals surface area contributed by atoms with Crippen LogP contribution in [0.3, 0.4) is 0 Å². The molecule has 0 aliphatic heterocycles. The molecule has 72 valence electrons. The summed E-state index contributed by atoms with van der Waals surface area (Å²) < 4.78 is 1.39. The van der Waals surface area contributed by atoms with Crippen LogP contribution in [0, 0.1) is 10.5 Å². The van der Waals surface area contributed by atoms with Crippen molar-refractivity contribution < 1.29 is 0 Å². The van der Waals surface area contributed by atoms with Gasteiger partial charge in [-0.3, -0.25) is 0 Å². The minimum absolute atomic E-state index is 0.994. The van der Waals surface area contributed by atoms with Gasteiger partial charge < -0.3 is 5.32 Å². The van der Waals surface area contributed by atoms with E-state index in [1.54, 1.807) is 0 Å². The molecule has 0 saturated carbocycles. The molecule has 13 heavy (non-hydrogen) atoms. The Morgan fingerprint density at radius 3 is 2.85 bits per heavy atom. The van der Waals surface area contributed by atoms with Gasteiger partial charge in [0, 0.05) is 10.1 Å². The fraction of sp³-hybridized carbons (Fsp3) is 0.455. The van der Waals surface area contributed by atoms with E-state index in [2.05, 4.69) is 60.0 Å². The van der Waals surface area contributed by atoms with Crippen LogP contribution in [-0.4, -0.2) is 6.54 Å². The molecule has 0 saturated heterocycles. The first-order chi connectivity index (χ1) is 6.25. The summed E-state index contributed by atoms with van der Waals surface area (Å²) in [4.78, 5) is 0. The van der Waals surface area contributed by atoms with Crippen LogP contribution in [0.15, 0.2) is 18.2 Å². The molecule has 0 heterocycles. The molecule has 0 spiro atoms. The number of benzene rings is 1. The smallest absolute Gasteiger partial charge is 0.0216 e. The third kappa shape index (κ3) is 3.27. The van der Waals surface area contributed by atoms with Crippen molar-refractivity contribution in [1.29, 1.82) is 0 Å². The summed E-state index contributed by atoms with van der Waals surface area (Å²) in [5.74, 6) is 0. The molecular formula is C11H16IN. The highest BCUT2D eigenvalue weighted by atomic mass is 127. The first kappa shape index (κ1) is 11.0. The molecule has 1 N–H and O–H groups in total. The maximum Gasteiger partial charge on any atom is 0.0216 e. The number of aryl methyl sites for hydroxylation is 1.